The van der Waals surface area contributed by atoms with Crippen LogP contribution in [0.25, 0.3) is 0 Å². The smallest absolute Gasteiger partial charge is 0.251 e. The zero-order valence-electron chi connectivity index (χ0n) is 12.4. The quantitative estimate of drug-likeness (QED) is 0.663. The molecule has 0 fully saturated rings. The number of nitrogens with zero attached hydrogens (tertiary/aromatic N) is 1. The van der Waals surface area contributed by atoms with Gasteiger partial charge in [-0.1, -0.05) is 29.8 Å². The molecule has 114 valence electrons. The van der Waals surface area contributed by atoms with Gasteiger partial charge >= 0.3 is 0 Å². The van der Waals surface area contributed by atoms with Gasteiger partial charge in [0.05, 0.1) is 17.9 Å². The van der Waals surface area contributed by atoms with Gasteiger partial charge in [0, 0.05) is 13.1 Å². The van der Waals surface area contributed by atoms with E-state index in [9.17, 15) is 9.00 Å². The van der Waals surface area contributed by atoms with Crippen molar-refractivity contribution in [3.05, 3.63) is 42.0 Å². The SMILES string of the molecule is CON(C)C(=O)[C@@H]1CC=C[C@@H]1N[S@@](=O)c1ccc(C)cc1. The number of hydrogen-bond acceptors (Lipinski definition) is 3. The number of amides is 1. The summed E-state index contributed by atoms with van der Waals surface area (Å²) in [7, 11) is 1.68. The van der Waals surface area contributed by atoms with Gasteiger partial charge in [-0.2, -0.15) is 0 Å². The van der Waals surface area contributed by atoms with Crippen molar-refractivity contribution in [2.45, 2.75) is 24.3 Å². The number of carbonyl (C=O) groups is 1. The third-order valence-corrected chi connectivity index (χ3v) is 4.73. The fourth-order valence-electron chi connectivity index (χ4n) is 2.21. The van der Waals surface area contributed by atoms with E-state index in [0.717, 1.165) is 5.56 Å². The topological polar surface area (TPSA) is 58.6 Å². The molecule has 0 radical (unpaired) electrons. The number of hydrogen-bond donors (Lipinski definition) is 1. The van der Waals surface area contributed by atoms with Crippen molar-refractivity contribution in [1.29, 1.82) is 0 Å². The summed E-state index contributed by atoms with van der Waals surface area (Å²) in [5.74, 6) is -0.412. The number of allylic oxidation sites excluding steroid dienone is 1. The Hall–Kier alpha value is -1.50. The van der Waals surface area contributed by atoms with E-state index >= 15 is 0 Å². The molecular formula is C15H20N2O3S. The summed E-state index contributed by atoms with van der Waals surface area (Å²) >= 11 is 0. The molecule has 1 aromatic rings. The minimum absolute atomic E-state index is 0.124. The summed E-state index contributed by atoms with van der Waals surface area (Å²) in [5, 5.41) is 1.21. The molecule has 0 spiro atoms. The molecule has 1 aliphatic rings. The maximum Gasteiger partial charge on any atom is 0.251 e. The first-order valence-electron chi connectivity index (χ1n) is 6.76. The lowest BCUT2D eigenvalue weighted by molar-refractivity contribution is -0.173. The monoisotopic (exact) mass is 308 g/mol. The highest BCUT2D eigenvalue weighted by atomic mass is 32.2. The van der Waals surface area contributed by atoms with Crippen LogP contribution in [0, 0.1) is 12.8 Å². The molecule has 0 heterocycles. The van der Waals surface area contributed by atoms with Crippen LogP contribution in [0.2, 0.25) is 0 Å². The van der Waals surface area contributed by atoms with Gasteiger partial charge in [-0.15, -0.1) is 0 Å². The highest BCUT2D eigenvalue weighted by Gasteiger charge is 2.32. The van der Waals surface area contributed by atoms with Crippen LogP contribution in [-0.2, 0) is 20.6 Å². The molecule has 0 unspecified atom stereocenters. The molecule has 0 aliphatic heterocycles. The first-order chi connectivity index (χ1) is 10.0. The molecule has 0 saturated carbocycles. The minimum Gasteiger partial charge on any atom is -0.275 e. The first-order valence-corrected chi connectivity index (χ1v) is 7.91. The second-order valence-electron chi connectivity index (χ2n) is 5.01. The predicted molar refractivity (Wildman–Crippen MR) is 81.5 cm³/mol. The Morgan fingerprint density at radius 1 is 1.38 bits per heavy atom. The van der Waals surface area contributed by atoms with E-state index in [-0.39, 0.29) is 17.9 Å². The number of nitrogens with one attached hydrogen (secondary N) is 1. The second-order valence-corrected chi connectivity index (χ2v) is 6.26. The van der Waals surface area contributed by atoms with Crippen LogP contribution in [-0.4, -0.2) is 35.4 Å². The highest BCUT2D eigenvalue weighted by molar-refractivity contribution is 7.83. The lowest BCUT2D eigenvalue weighted by Crippen LogP contribution is -2.42. The van der Waals surface area contributed by atoms with Crippen LogP contribution in [0.15, 0.2) is 41.3 Å². The molecule has 0 bridgehead atoms. The Morgan fingerprint density at radius 3 is 2.67 bits per heavy atom. The molecular weight excluding hydrogens is 288 g/mol. The third-order valence-electron chi connectivity index (χ3n) is 3.55. The van der Waals surface area contributed by atoms with E-state index in [2.05, 4.69) is 4.72 Å². The van der Waals surface area contributed by atoms with Gasteiger partial charge < -0.3 is 0 Å². The zero-order valence-corrected chi connectivity index (χ0v) is 13.2. The molecule has 21 heavy (non-hydrogen) atoms. The van der Waals surface area contributed by atoms with Gasteiger partial charge in [-0.3, -0.25) is 9.63 Å². The van der Waals surface area contributed by atoms with Crippen molar-refractivity contribution in [3.63, 3.8) is 0 Å². The highest BCUT2D eigenvalue weighted by Crippen LogP contribution is 2.22. The van der Waals surface area contributed by atoms with E-state index in [1.54, 1.807) is 7.05 Å². The van der Waals surface area contributed by atoms with Crippen LogP contribution >= 0.6 is 0 Å². The maximum absolute atomic E-state index is 12.3. The number of carbonyl (C=O) groups excluding carboxylic acids is 1. The lowest BCUT2D eigenvalue weighted by Gasteiger charge is -2.23. The second kappa shape index (κ2) is 6.98. The van der Waals surface area contributed by atoms with Crippen molar-refractivity contribution >= 4 is 16.9 Å². The van der Waals surface area contributed by atoms with Gasteiger partial charge in [0.15, 0.2) is 0 Å². The van der Waals surface area contributed by atoms with Gasteiger partial charge in [0.2, 0.25) is 0 Å². The Morgan fingerprint density at radius 2 is 2.05 bits per heavy atom. The van der Waals surface area contributed by atoms with Gasteiger partial charge in [0.1, 0.15) is 11.0 Å². The standard InChI is InChI=1S/C15H20N2O3S/c1-11-7-9-12(10-8-11)21(19)16-14-6-4-5-13(14)15(18)17(2)20-3/h4,6-10,13-14,16H,5H2,1-3H3/t13-,14+,21+/m1/s1. The predicted octanol–water partition coefficient (Wildman–Crippen LogP) is 1.57. The molecule has 0 saturated heterocycles. The van der Waals surface area contributed by atoms with E-state index in [1.807, 2.05) is 43.3 Å². The minimum atomic E-state index is -1.35. The van der Waals surface area contributed by atoms with Crippen molar-refractivity contribution in [3.8, 4) is 0 Å². The fraction of sp³-hybridized carbons (Fsp3) is 0.400. The summed E-state index contributed by atoms with van der Waals surface area (Å²) in [6.45, 7) is 1.98. The number of rotatable bonds is 5. The van der Waals surface area contributed by atoms with Gasteiger partial charge in [0.25, 0.3) is 5.91 Å². The molecule has 1 amide bonds. The molecule has 1 N–H and O–H groups in total. The zero-order chi connectivity index (χ0) is 15.4. The molecule has 1 aliphatic carbocycles. The van der Waals surface area contributed by atoms with E-state index < -0.39 is 11.0 Å². The molecule has 6 heteroatoms. The Balaban J connectivity index is 2.04. The summed E-state index contributed by atoms with van der Waals surface area (Å²) in [5.41, 5.74) is 1.12. The molecule has 1 aromatic carbocycles. The van der Waals surface area contributed by atoms with Crippen molar-refractivity contribution in [1.82, 2.24) is 9.79 Å². The third kappa shape index (κ3) is 3.78. The summed E-state index contributed by atoms with van der Waals surface area (Å²) in [6.07, 6.45) is 4.43. The Bertz CT molecular complexity index is 557. The van der Waals surface area contributed by atoms with Crippen LogP contribution in [0.1, 0.15) is 12.0 Å². The number of aryl methyl sites for hydroxylation is 1. The summed E-state index contributed by atoms with van der Waals surface area (Å²) in [4.78, 5) is 17.8. The molecule has 3 atom stereocenters. The van der Waals surface area contributed by atoms with Gasteiger partial charge in [-0.05, 0) is 25.5 Å². The van der Waals surface area contributed by atoms with Crippen LogP contribution in [0.3, 0.4) is 0 Å². The summed E-state index contributed by atoms with van der Waals surface area (Å²) < 4.78 is 15.3. The average molecular weight is 308 g/mol. The van der Waals surface area contributed by atoms with Crippen molar-refractivity contribution in [2.75, 3.05) is 14.2 Å². The van der Waals surface area contributed by atoms with E-state index in [0.29, 0.717) is 11.3 Å². The number of hydroxylamine groups is 2. The Kier molecular flexibility index (Phi) is 5.27. The number of benzene rings is 1. The van der Waals surface area contributed by atoms with E-state index in [4.69, 9.17) is 4.84 Å². The van der Waals surface area contributed by atoms with Gasteiger partial charge in [-0.25, -0.2) is 14.0 Å². The maximum atomic E-state index is 12.3. The molecule has 2 rings (SSSR count). The molecule has 5 nitrogen and oxygen atoms in total. The summed E-state index contributed by atoms with van der Waals surface area (Å²) in [6, 6.07) is 7.24. The Labute approximate surface area is 127 Å². The van der Waals surface area contributed by atoms with Crippen molar-refractivity contribution < 1.29 is 13.8 Å². The normalized spacial score (nSPS) is 22.2. The lowest BCUT2D eigenvalue weighted by atomic mass is 10.0. The first kappa shape index (κ1) is 15.9. The average Bonchev–Trinajstić information content (AvgIpc) is 2.94. The van der Waals surface area contributed by atoms with Crippen LogP contribution in [0.5, 0.6) is 0 Å². The van der Waals surface area contributed by atoms with Crippen LogP contribution < -0.4 is 4.72 Å². The molecule has 0 aromatic heterocycles. The van der Waals surface area contributed by atoms with Crippen LogP contribution in [0.4, 0.5) is 0 Å². The van der Waals surface area contributed by atoms with E-state index in [1.165, 1.54) is 12.2 Å². The fourth-order valence-corrected chi connectivity index (χ4v) is 3.21. The van der Waals surface area contributed by atoms with Crippen molar-refractivity contribution in [2.24, 2.45) is 5.92 Å². The largest absolute Gasteiger partial charge is 0.275 e.